The second-order valence-electron chi connectivity index (χ2n) is 11.3. The van der Waals surface area contributed by atoms with Crippen molar-refractivity contribution in [2.45, 2.75) is 115 Å². The Kier molecular flexibility index (Phi) is 11.5. The van der Waals surface area contributed by atoms with Gasteiger partial charge in [0.1, 0.15) is 23.9 Å². The number of epoxide rings is 1. The van der Waals surface area contributed by atoms with Crippen LogP contribution in [0.3, 0.4) is 0 Å². The average Bonchev–Trinajstić information content (AvgIpc) is 3.64. The molecule has 0 aliphatic carbocycles. The second kappa shape index (κ2) is 14.4. The second-order valence-corrected chi connectivity index (χ2v) is 11.3. The number of hydrogen-bond acceptors (Lipinski definition) is 8. The monoisotopic (exact) mass is 562 g/mol. The van der Waals surface area contributed by atoms with Crippen LogP contribution in [-0.4, -0.2) is 84.3 Å². The highest BCUT2D eigenvalue weighted by atomic mass is 16.6. The molecule has 0 saturated carbocycles. The molecule has 0 bridgehead atoms. The summed E-state index contributed by atoms with van der Waals surface area (Å²) in [7, 11) is 0. The Hall–Kier alpha value is -2.53. The predicted molar refractivity (Wildman–Crippen MR) is 149 cm³/mol. The Morgan fingerprint density at radius 1 is 1.18 bits per heavy atom. The molecule has 224 valence electrons. The largest absolute Gasteiger partial charge is 0.459 e. The topological polar surface area (TPSA) is 136 Å². The van der Waals surface area contributed by atoms with Gasteiger partial charge in [-0.05, 0) is 52.5 Å². The van der Waals surface area contributed by atoms with Crippen molar-refractivity contribution in [3.05, 3.63) is 36.0 Å². The van der Waals surface area contributed by atoms with Gasteiger partial charge in [-0.3, -0.25) is 14.4 Å². The highest BCUT2D eigenvalue weighted by molar-refractivity contribution is 5.87. The van der Waals surface area contributed by atoms with Gasteiger partial charge < -0.3 is 34.7 Å². The Balaban J connectivity index is 1.50. The van der Waals surface area contributed by atoms with Gasteiger partial charge in [0.2, 0.25) is 11.8 Å². The molecule has 0 aromatic rings. The van der Waals surface area contributed by atoms with Crippen molar-refractivity contribution in [1.82, 2.24) is 10.6 Å². The van der Waals surface area contributed by atoms with E-state index < -0.39 is 29.9 Å². The quantitative estimate of drug-likeness (QED) is 0.151. The van der Waals surface area contributed by atoms with Crippen LogP contribution in [0.2, 0.25) is 0 Å². The van der Waals surface area contributed by atoms with Crippen molar-refractivity contribution in [2.24, 2.45) is 5.92 Å². The van der Waals surface area contributed by atoms with E-state index in [-0.39, 0.29) is 48.5 Å². The Labute approximate surface area is 237 Å². The number of nitrogens with one attached hydrogen (secondary N) is 2. The molecule has 3 aliphatic heterocycles. The normalized spacial score (nSPS) is 35.1. The fourth-order valence-corrected chi connectivity index (χ4v) is 5.36. The first kappa shape index (κ1) is 32.0. The van der Waals surface area contributed by atoms with Crippen LogP contribution in [0.15, 0.2) is 36.0 Å². The Morgan fingerprint density at radius 2 is 1.90 bits per heavy atom. The molecule has 10 nitrogen and oxygen atoms in total. The Bertz CT molecular complexity index is 988. The standard InChI is InChI=1S/C30H46N2O8/c1-7-31-28(35)15-23-16-30(17-37-30)29(36)26(40-23)12-9-18(2)8-11-25-19(3)14-24(21(5)39-25)32-27(34)13-10-20(4)38-22(6)33/h8-10,12-13,19-21,23-26,29,36H,7,11,14-17H2,1-6H3,(H,31,35)(H,32,34)/b12-9+,13-10-,18-8+/t19-,20-,21+,23+,24+,25-,26+,29+,30+/m0/s1. The lowest BCUT2D eigenvalue weighted by Crippen LogP contribution is -2.50. The fraction of sp³-hybridized carbons (Fsp3) is 0.700. The molecule has 3 heterocycles. The lowest BCUT2D eigenvalue weighted by atomic mass is 9.87. The number of ether oxygens (including phenoxy) is 4. The van der Waals surface area contributed by atoms with Crippen molar-refractivity contribution in [2.75, 3.05) is 13.2 Å². The number of aliphatic hydroxyl groups excluding tert-OH is 1. The van der Waals surface area contributed by atoms with Crippen LogP contribution in [0.25, 0.3) is 0 Å². The summed E-state index contributed by atoms with van der Waals surface area (Å²) >= 11 is 0. The van der Waals surface area contributed by atoms with E-state index in [1.807, 2.05) is 32.9 Å². The van der Waals surface area contributed by atoms with Gasteiger partial charge in [0.15, 0.2) is 0 Å². The third kappa shape index (κ3) is 9.26. The fourth-order valence-electron chi connectivity index (χ4n) is 5.36. The van der Waals surface area contributed by atoms with E-state index in [2.05, 4.69) is 23.6 Å². The first-order valence-electron chi connectivity index (χ1n) is 14.3. The molecule has 0 aromatic heterocycles. The van der Waals surface area contributed by atoms with Crippen LogP contribution in [-0.2, 0) is 33.3 Å². The zero-order valence-electron chi connectivity index (χ0n) is 24.6. The summed E-state index contributed by atoms with van der Waals surface area (Å²) in [5.41, 5.74) is 0.393. The van der Waals surface area contributed by atoms with E-state index in [1.165, 1.54) is 13.0 Å². The van der Waals surface area contributed by atoms with Crippen LogP contribution < -0.4 is 10.6 Å². The van der Waals surface area contributed by atoms with E-state index >= 15 is 0 Å². The Morgan fingerprint density at radius 3 is 2.55 bits per heavy atom. The van der Waals surface area contributed by atoms with Gasteiger partial charge >= 0.3 is 5.97 Å². The number of amides is 2. The number of esters is 1. The van der Waals surface area contributed by atoms with Crippen molar-refractivity contribution in [3.63, 3.8) is 0 Å². The van der Waals surface area contributed by atoms with Gasteiger partial charge in [0.05, 0.1) is 37.4 Å². The number of carbonyl (C=O) groups is 3. The van der Waals surface area contributed by atoms with Gasteiger partial charge in [-0.15, -0.1) is 0 Å². The van der Waals surface area contributed by atoms with Crippen LogP contribution in [0.1, 0.15) is 67.2 Å². The van der Waals surface area contributed by atoms with Gasteiger partial charge in [0, 0.05) is 26.0 Å². The zero-order valence-corrected chi connectivity index (χ0v) is 24.6. The molecule has 9 atom stereocenters. The van der Waals surface area contributed by atoms with Crippen LogP contribution in [0.5, 0.6) is 0 Å². The van der Waals surface area contributed by atoms with Gasteiger partial charge in [-0.25, -0.2) is 0 Å². The van der Waals surface area contributed by atoms with E-state index in [0.29, 0.717) is 26.0 Å². The van der Waals surface area contributed by atoms with Crippen LogP contribution >= 0.6 is 0 Å². The SMILES string of the molecule is CCNC(=O)C[C@@H]1C[C@@]2(CO2)[C@H](O)[C@@H](/C=C/C(C)=C/C[C@@H]2O[C@H](C)[C@H](NC(=O)/C=C\[C@H](C)OC(C)=O)C[C@@H]2C)O1. The molecule has 40 heavy (non-hydrogen) atoms. The van der Waals surface area contributed by atoms with Crippen LogP contribution in [0.4, 0.5) is 0 Å². The molecular formula is C30H46N2O8. The molecule has 0 radical (unpaired) electrons. The maximum Gasteiger partial charge on any atom is 0.303 e. The lowest BCUT2D eigenvalue weighted by molar-refractivity contribution is -0.145. The first-order valence-corrected chi connectivity index (χ1v) is 14.3. The minimum absolute atomic E-state index is 0.00662. The summed E-state index contributed by atoms with van der Waals surface area (Å²) in [6.45, 7) is 12.0. The highest BCUT2D eigenvalue weighted by Crippen LogP contribution is 2.43. The summed E-state index contributed by atoms with van der Waals surface area (Å²) < 4.78 is 22.9. The molecule has 0 aromatic carbocycles. The van der Waals surface area contributed by atoms with Crippen molar-refractivity contribution < 1.29 is 38.4 Å². The third-order valence-corrected chi connectivity index (χ3v) is 7.71. The van der Waals surface area contributed by atoms with Gasteiger partial charge in [-0.1, -0.05) is 30.7 Å². The minimum Gasteiger partial charge on any atom is -0.459 e. The third-order valence-electron chi connectivity index (χ3n) is 7.71. The predicted octanol–water partition coefficient (Wildman–Crippen LogP) is 2.50. The molecule has 1 spiro atoms. The first-order chi connectivity index (χ1) is 18.9. The molecule has 3 saturated heterocycles. The summed E-state index contributed by atoms with van der Waals surface area (Å²) in [6, 6.07) is -0.119. The lowest BCUT2D eigenvalue weighted by Gasteiger charge is -2.39. The maximum absolute atomic E-state index is 12.4. The van der Waals surface area contributed by atoms with E-state index in [4.69, 9.17) is 18.9 Å². The molecule has 0 unspecified atom stereocenters. The molecular weight excluding hydrogens is 516 g/mol. The smallest absolute Gasteiger partial charge is 0.303 e. The van der Waals surface area contributed by atoms with Crippen molar-refractivity contribution in [1.29, 1.82) is 0 Å². The van der Waals surface area contributed by atoms with Gasteiger partial charge in [-0.2, -0.15) is 0 Å². The summed E-state index contributed by atoms with van der Waals surface area (Å²) in [6.07, 6.45) is 8.80. The molecule has 2 amide bonds. The number of carbonyl (C=O) groups excluding carboxylic acids is 3. The minimum atomic E-state index is -0.781. The van der Waals surface area contributed by atoms with Crippen LogP contribution in [0, 0.1) is 5.92 Å². The average molecular weight is 563 g/mol. The molecule has 3 aliphatic rings. The van der Waals surface area contributed by atoms with Crippen molar-refractivity contribution >= 4 is 17.8 Å². The maximum atomic E-state index is 12.4. The summed E-state index contributed by atoms with van der Waals surface area (Å²) in [5, 5.41) is 16.6. The summed E-state index contributed by atoms with van der Waals surface area (Å²) in [4.78, 5) is 35.4. The molecule has 10 heteroatoms. The summed E-state index contributed by atoms with van der Waals surface area (Å²) in [5.74, 6) is -0.482. The number of allylic oxidation sites excluding steroid dienone is 2. The zero-order chi connectivity index (χ0) is 29.4. The molecule has 3 N–H and O–H groups in total. The van der Waals surface area contributed by atoms with E-state index in [1.54, 1.807) is 13.0 Å². The molecule has 3 rings (SSSR count). The van der Waals surface area contributed by atoms with E-state index in [0.717, 1.165) is 12.0 Å². The number of aliphatic hydroxyl groups is 1. The van der Waals surface area contributed by atoms with E-state index in [9.17, 15) is 19.5 Å². The van der Waals surface area contributed by atoms with Gasteiger partial charge in [0.25, 0.3) is 0 Å². The highest BCUT2D eigenvalue weighted by Gasteiger charge is 2.58. The van der Waals surface area contributed by atoms with Crippen molar-refractivity contribution in [3.8, 4) is 0 Å². The molecule has 3 fully saturated rings. The number of rotatable bonds is 11. The number of hydrogen-bond donors (Lipinski definition) is 3.